The van der Waals surface area contributed by atoms with Crippen molar-refractivity contribution in [2.45, 2.75) is 65.5 Å². The number of aromatic nitrogens is 2. The number of benzene rings is 1. The van der Waals surface area contributed by atoms with E-state index in [1.165, 1.54) is 41.5 Å². The second-order valence-electron chi connectivity index (χ2n) is 8.34. The fraction of sp³-hybridized carbons (Fsp3) is 0.565. The average molecular weight is 369 g/mol. The third-order valence-electron chi connectivity index (χ3n) is 6.38. The van der Waals surface area contributed by atoms with Crippen molar-refractivity contribution >= 4 is 5.78 Å². The molecule has 4 nitrogen and oxygen atoms in total. The van der Waals surface area contributed by atoms with E-state index < -0.39 is 0 Å². The Kier molecular flexibility index (Phi) is 6.15. The van der Waals surface area contributed by atoms with Crippen LogP contribution in [0.25, 0.3) is 0 Å². The first-order chi connectivity index (χ1) is 12.9. The van der Waals surface area contributed by atoms with Crippen LogP contribution in [0, 0.1) is 13.8 Å². The van der Waals surface area contributed by atoms with E-state index in [9.17, 15) is 4.79 Å². The summed E-state index contributed by atoms with van der Waals surface area (Å²) in [4.78, 5) is 13.5. The lowest BCUT2D eigenvalue weighted by Crippen LogP contribution is -2.60. The molecule has 0 amide bonds. The maximum Gasteiger partial charge on any atom is 0.194 e. The molecule has 1 aliphatic heterocycles. The number of hydrogen-bond donors (Lipinski definition) is 0. The summed E-state index contributed by atoms with van der Waals surface area (Å²) in [6, 6.07) is 6.40. The molecule has 4 heteroatoms. The molecule has 3 rings (SSSR count). The van der Waals surface area contributed by atoms with E-state index in [0.29, 0.717) is 12.2 Å². The normalized spacial score (nSPS) is 17.6. The summed E-state index contributed by atoms with van der Waals surface area (Å²) >= 11 is 0. The zero-order valence-corrected chi connectivity index (χ0v) is 17.4. The van der Waals surface area contributed by atoms with Gasteiger partial charge in [0, 0.05) is 31.6 Å². The minimum absolute atomic E-state index is 0.0736. The molecule has 1 aromatic carbocycles. The van der Waals surface area contributed by atoms with Crippen LogP contribution in [0.4, 0.5) is 0 Å². The molecular formula is C23H34N3O+. The minimum Gasteiger partial charge on any atom is -0.311 e. The Morgan fingerprint density at radius 1 is 1.19 bits per heavy atom. The number of piperidine rings is 1. The van der Waals surface area contributed by atoms with Crippen LogP contribution in [-0.4, -0.2) is 39.2 Å². The molecule has 1 aromatic heterocycles. The van der Waals surface area contributed by atoms with Crippen LogP contribution in [0.15, 0.2) is 30.6 Å². The number of hydrogen-bond acceptors (Lipinski definition) is 2. The highest BCUT2D eigenvalue weighted by atomic mass is 16.1. The van der Waals surface area contributed by atoms with Crippen molar-refractivity contribution in [3.05, 3.63) is 52.8 Å². The van der Waals surface area contributed by atoms with Gasteiger partial charge in [-0.25, -0.2) is 0 Å². The maximum atomic E-state index is 13.5. The number of quaternary nitrogens is 1. The first-order valence-corrected chi connectivity index (χ1v) is 10.4. The largest absolute Gasteiger partial charge is 0.311 e. The van der Waals surface area contributed by atoms with Crippen LogP contribution in [0.2, 0.25) is 0 Å². The van der Waals surface area contributed by atoms with Gasteiger partial charge < -0.3 is 4.48 Å². The van der Waals surface area contributed by atoms with E-state index in [0.717, 1.165) is 30.5 Å². The first kappa shape index (κ1) is 19.8. The Morgan fingerprint density at radius 2 is 1.85 bits per heavy atom. The van der Waals surface area contributed by atoms with Gasteiger partial charge in [0.2, 0.25) is 0 Å². The summed E-state index contributed by atoms with van der Waals surface area (Å²) in [5.74, 6) is 0.403. The summed E-state index contributed by atoms with van der Waals surface area (Å²) in [6.45, 7) is 9.56. The predicted molar refractivity (Wildman–Crippen MR) is 109 cm³/mol. The minimum atomic E-state index is 0.0736. The zero-order valence-electron chi connectivity index (χ0n) is 17.4. The molecule has 1 saturated heterocycles. The van der Waals surface area contributed by atoms with Crippen molar-refractivity contribution in [1.82, 2.24) is 9.78 Å². The van der Waals surface area contributed by atoms with Crippen molar-refractivity contribution in [2.24, 2.45) is 7.05 Å². The fourth-order valence-electron chi connectivity index (χ4n) is 4.98. The molecule has 0 N–H and O–H groups in total. The Hall–Kier alpha value is -1.94. The third kappa shape index (κ3) is 4.32. The first-order valence-electron chi connectivity index (χ1n) is 10.4. The van der Waals surface area contributed by atoms with Gasteiger partial charge in [0.15, 0.2) is 5.78 Å². The van der Waals surface area contributed by atoms with Crippen molar-refractivity contribution < 1.29 is 9.28 Å². The third-order valence-corrected chi connectivity index (χ3v) is 6.38. The summed E-state index contributed by atoms with van der Waals surface area (Å²) in [7, 11) is 1.97. The maximum absolute atomic E-state index is 13.5. The number of nitrogens with zero attached hydrogens (tertiary/aromatic N) is 3. The van der Waals surface area contributed by atoms with Gasteiger partial charge in [0.25, 0.3) is 0 Å². The molecule has 1 aliphatic rings. The van der Waals surface area contributed by atoms with Gasteiger partial charge in [-0.2, -0.15) is 5.10 Å². The zero-order chi connectivity index (χ0) is 19.4. The molecule has 0 radical (unpaired) electrons. The van der Waals surface area contributed by atoms with E-state index >= 15 is 0 Å². The van der Waals surface area contributed by atoms with E-state index in [-0.39, 0.29) is 6.04 Å². The molecular weight excluding hydrogens is 334 g/mol. The van der Waals surface area contributed by atoms with Crippen LogP contribution in [0.5, 0.6) is 0 Å². The van der Waals surface area contributed by atoms with Crippen molar-refractivity contribution in [3.8, 4) is 0 Å². The van der Waals surface area contributed by atoms with E-state index in [2.05, 4.69) is 50.3 Å². The number of carbonyl (C=O) groups excluding carboxylic acids is 1. The van der Waals surface area contributed by atoms with Crippen LogP contribution in [0.1, 0.15) is 54.9 Å². The van der Waals surface area contributed by atoms with Crippen LogP contribution in [0.3, 0.4) is 0 Å². The summed E-state index contributed by atoms with van der Waals surface area (Å²) < 4.78 is 2.78. The number of rotatable bonds is 7. The predicted octanol–water partition coefficient (Wildman–Crippen LogP) is 4.13. The van der Waals surface area contributed by atoms with Gasteiger partial charge >= 0.3 is 0 Å². The number of carbonyl (C=O) groups is 1. The van der Waals surface area contributed by atoms with Crippen LogP contribution < -0.4 is 0 Å². The van der Waals surface area contributed by atoms with Crippen LogP contribution >= 0.6 is 0 Å². The van der Waals surface area contributed by atoms with E-state index in [4.69, 9.17) is 0 Å². The molecule has 0 bridgehead atoms. The Balaban J connectivity index is 1.87. The van der Waals surface area contributed by atoms with Crippen molar-refractivity contribution in [1.29, 1.82) is 0 Å². The number of ketones is 1. The van der Waals surface area contributed by atoms with Gasteiger partial charge in [-0.15, -0.1) is 0 Å². The molecule has 2 heterocycles. The smallest absolute Gasteiger partial charge is 0.194 e. The Morgan fingerprint density at radius 3 is 2.41 bits per heavy atom. The molecule has 1 unspecified atom stereocenters. The fourth-order valence-corrected chi connectivity index (χ4v) is 4.98. The number of likely N-dealkylation sites (tertiary alicyclic amines) is 1. The lowest BCUT2D eigenvalue weighted by molar-refractivity contribution is -0.959. The summed E-state index contributed by atoms with van der Waals surface area (Å²) in [5, 5.41) is 4.36. The highest BCUT2D eigenvalue weighted by Crippen LogP contribution is 2.30. The SMILES string of the molecule is CCC(C(=O)Cc1c(C)cccc1C)[N+]1(Cc2cnn(C)c2)CCCCC1. The number of aryl methyl sites for hydroxylation is 3. The van der Waals surface area contributed by atoms with Crippen LogP contribution in [-0.2, 0) is 24.8 Å². The molecule has 0 spiro atoms. The highest BCUT2D eigenvalue weighted by Gasteiger charge is 2.41. The van der Waals surface area contributed by atoms with Crippen molar-refractivity contribution in [3.63, 3.8) is 0 Å². The number of Topliss-reactive ketones (excluding diaryl/α,β-unsaturated/α-hetero) is 1. The van der Waals surface area contributed by atoms with Gasteiger partial charge in [-0.1, -0.05) is 25.1 Å². The van der Waals surface area contributed by atoms with E-state index in [1.54, 1.807) is 0 Å². The highest BCUT2D eigenvalue weighted by molar-refractivity contribution is 5.85. The van der Waals surface area contributed by atoms with Crippen molar-refractivity contribution in [2.75, 3.05) is 13.1 Å². The van der Waals surface area contributed by atoms with Gasteiger partial charge in [-0.3, -0.25) is 9.48 Å². The average Bonchev–Trinajstić information content (AvgIpc) is 3.04. The second-order valence-corrected chi connectivity index (χ2v) is 8.34. The standard InChI is InChI=1S/C23H34N3O/c1-5-22(23(27)14-21-18(2)10-9-11-19(21)3)26(12-7-6-8-13-26)17-20-15-24-25(4)16-20/h9-11,15-16,22H,5-8,12-14,17H2,1-4H3/q+1. The topological polar surface area (TPSA) is 34.9 Å². The van der Waals surface area contributed by atoms with Gasteiger partial charge in [0.1, 0.15) is 12.6 Å². The monoisotopic (exact) mass is 368 g/mol. The van der Waals surface area contributed by atoms with E-state index in [1.807, 2.05) is 17.9 Å². The second kappa shape index (κ2) is 8.39. The lowest BCUT2D eigenvalue weighted by atomic mass is 9.91. The lowest BCUT2D eigenvalue weighted by Gasteiger charge is -2.46. The Bertz CT molecular complexity index is 766. The summed E-state index contributed by atoms with van der Waals surface area (Å²) in [6.07, 6.45) is 9.26. The molecule has 1 fully saturated rings. The Labute approximate surface area is 163 Å². The molecule has 27 heavy (non-hydrogen) atoms. The van der Waals surface area contributed by atoms with Gasteiger partial charge in [-0.05, 0) is 49.8 Å². The molecule has 146 valence electrons. The molecule has 2 aromatic rings. The molecule has 0 aliphatic carbocycles. The molecule has 0 saturated carbocycles. The van der Waals surface area contributed by atoms with Gasteiger partial charge in [0.05, 0.1) is 19.3 Å². The molecule has 1 atom stereocenters. The summed E-state index contributed by atoms with van der Waals surface area (Å²) in [5.41, 5.74) is 4.93. The quantitative estimate of drug-likeness (QED) is 0.689.